The number of benzene rings is 1. The molecule has 18 heavy (non-hydrogen) atoms. The number of aliphatic hydroxyl groups is 1. The van der Waals surface area contributed by atoms with Crippen molar-refractivity contribution in [1.29, 1.82) is 0 Å². The summed E-state index contributed by atoms with van der Waals surface area (Å²) in [5.41, 5.74) is 2.25. The summed E-state index contributed by atoms with van der Waals surface area (Å²) in [4.78, 5) is 14.7. The number of carbonyl (C=O) groups is 1. The van der Waals surface area contributed by atoms with E-state index in [-0.39, 0.29) is 5.91 Å². The van der Waals surface area contributed by atoms with Gasteiger partial charge in [0.1, 0.15) is 0 Å². The molecule has 0 fully saturated rings. The van der Waals surface area contributed by atoms with E-state index in [1.807, 2.05) is 24.4 Å². The largest absolute Gasteiger partial charge is 0.392 e. The van der Waals surface area contributed by atoms with E-state index in [1.54, 1.807) is 6.92 Å². The van der Waals surface area contributed by atoms with Gasteiger partial charge in [-0.1, -0.05) is 18.2 Å². The number of hydrogen-bond donors (Lipinski definition) is 3. The molecule has 1 heterocycles. The van der Waals surface area contributed by atoms with Crippen molar-refractivity contribution in [2.45, 2.75) is 25.9 Å². The van der Waals surface area contributed by atoms with Crippen molar-refractivity contribution in [3.05, 3.63) is 36.0 Å². The van der Waals surface area contributed by atoms with Crippen LogP contribution in [0.4, 0.5) is 0 Å². The molecule has 0 aliphatic rings. The van der Waals surface area contributed by atoms with Gasteiger partial charge >= 0.3 is 0 Å². The summed E-state index contributed by atoms with van der Waals surface area (Å²) in [6.45, 7) is 1.96. The highest BCUT2D eigenvalue weighted by Crippen LogP contribution is 2.18. The number of fused-ring (bicyclic) bond motifs is 1. The van der Waals surface area contributed by atoms with Crippen LogP contribution >= 0.6 is 0 Å². The minimum atomic E-state index is -0.498. The fraction of sp³-hybridized carbons (Fsp3) is 0.357. The SMILES string of the molecule is C[C@H](O)CNC(=O)CCc1c[nH]c2ccccc12. The molecule has 2 rings (SSSR count). The molecule has 96 valence electrons. The van der Waals surface area contributed by atoms with Crippen LogP contribution in [0.3, 0.4) is 0 Å². The molecule has 1 aromatic heterocycles. The zero-order chi connectivity index (χ0) is 13.0. The highest BCUT2D eigenvalue weighted by molar-refractivity contribution is 5.84. The first-order chi connectivity index (χ1) is 8.66. The molecule has 0 aliphatic heterocycles. The molecule has 2 aromatic rings. The number of amides is 1. The Morgan fingerprint density at radius 3 is 3.00 bits per heavy atom. The molecule has 1 atom stereocenters. The lowest BCUT2D eigenvalue weighted by Gasteiger charge is -2.06. The quantitative estimate of drug-likeness (QED) is 0.750. The van der Waals surface area contributed by atoms with Gasteiger partial charge in [0.05, 0.1) is 6.10 Å². The lowest BCUT2D eigenvalue weighted by Crippen LogP contribution is -2.30. The van der Waals surface area contributed by atoms with Gasteiger partial charge in [-0.05, 0) is 25.0 Å². The Balaban J connectivity index is 1.92. The predicted molar refractivity (Wildman–Crippen MR) is 71.3 cm³/mol. The van der Waals surface area contributed by atoms with Crippen molar-refractivity contribution in [3.8, 4) is 0 Å². The summed E-state index contributed by atoms with van der Waals surface area (Å²) < 4.78 is 0. The Morgan fingerprint density at radius 1 is 1.44 bits per heavy atom. The van der Waals surface area contributed by atoms with Crippen molar-refractivity contribution in [2.24, 2.45) is 0 Å². The molecule has 1 amide bonds. The van der Waals surface area contributed by atoms with Crippen molar-refractivity contribution < 1.29 is 9.90 Å². The Bertz CT molecular complexity index is 531. The minimum Gasteiger partial charge on any atom is -0.392 e. The average molecular weight is 246 g/mol. The van der Waals surface area contributed by atoms with Gasteiger partial charge in [0.25, 0.3) is 0 Å². The monoisotopic (exact) mass is 246 g/mol. The number of carbonyl (C=O) groups excluding carboxylic acids is 1. The summed E-state index contributed by atoms with van der Waals surface area (Å²) in [5.74, 6) is -0.0267. The number of hydrogen-bond acceptors (Lipinski definition) is 2. The number of aliphatic hydroxyl groups excluding tert-OH is 1. The van der Waals surface area contributed by atoms with E-state index in [0.29, 0.717) is 19.4 Å². The Labute approximate surface area is 106 Å². The topological polar surface area (TPSA) is 65.1 Å². The first-order valence-electron chi connectivity index (χ1n) is 6.16. The number of para-hydroxylation sites is 1. The summed E-state index contributed by atoms with van der Waals surface area (Å²) in [5, 5.41) is 12.9. The number of nitrogens with one attached hydrogen (secondary N) is 2. The van der Waals surface area contributed by atoms with Gasteiger partial charge in [-0.3, -0.25) is 4.79 Å². The van der Waals surface area contributed by atoms with Crippen LogP contribution < -0.4 is 5.32 Å². The van der Waals surface area contributed by atoms with Gasteiger partial charge in [-0.2, -0.15) is 0 Å². The van der Waals surface area contributed by atoms with E-state index < -0.39 is 6.10 Å². The van der Waals surface area contributed by atoms with Gasteiger partial charge in [-0.15, -0.1) is 0 Å². The first kappa shape index (κ1) is 12.6. The summed E-state index contributed by atoms with van der Waals surface area (Å²) in [7, 11) is 0. The molecular weight excluding hydrogens is 228 g/mol. The number of aryl methyl sites for hydroxylation is 1. The molecule has 0 saturated heterocycles. The van der Waals surface area contributed by atoms with Crippen LogP contribution in [0.1, 0.15) is 18.9 Å². The second kappa shape index (κ2) is 5.69. The van der Waals surface area contributed by atoms with E-state index in [1.165, 1.54) is 5.39 Å². The Hall–Kier alpha value is -1.81. The maximum atomic E-state index is 11.5. The molecule has 4 nitrogen and oxygen atoms in total. The minimum absolute atomic E-state index is 0.0267. The molecule has 0 saturated carbocycles. The van der Waals surface area contributed by atoms with Gasteiger partial charge in [0.15, 0.2) is 0 Å². The molecular formula is C14H18N2O2. The van der Waals surface area contributed by atoms with Gasteiger partial charge in [-0.25, -0.2) is 0 Å². The van der Waals surface area contributed by atoms with Crippen LogP contribution in [-0.2, 0) is 11.2 Å². The van der Waals surface area contributed by atoms with Crippen molar-refractivity contribution in [3.63, 3.8) is 0 Å². The van der Waals surface area contributed by atoms with Crippen LogP contribution in [0.15, 0.2) is 30.5 Å². The average Bonchev–Trinajstić information content (AvgIpc) is 2.77. The van der Waals surface area contributed by atoms with E-state index in [2.05, 4.69) is 16.4 Å². The van der Waals surface area contributed by atoms with Crippen LogP contribution in [0.5, 0.6) is 0 Å². The first-order valence-corrected chi connectivity index (χ1v) is 6.16. The molecule has 0 unspecified atom stereocenters. The molecule has 4 heteroatoms. The smallest absolute Gasteiger partial charge is 0.220 e. The van der Waals surface area contributed by atoms with Crippen LogP contribution in [-0.4, -0.2) is 28.6 Å². The third kappa shape index (κ3) is 3.11. The summed E-state index contributed by atoms with van der Waals surface area (Å²) in [6, 6.07) is 8.05. The van der Waals surface area contributed by atoms with Crippen molar-refractivity contribution >= 4 is 16.8 Å². The van der Waals surface area contributed by atoms with Crippen molar-refractivity contribution in [2.75, 3.05) is 6.54 Å². The van der Waals surface area contributed by atoms with Gasteiger partial charge in [0, 0.05) is 30.1 Å². The maximum absolute atomic E-state index is 11.5. The number of H-pyrrole nitrogens is 1. The van der Waals surface area contributed by atoms with Crippen LogP contribution in [0.2, 0.25) is 0 Å². The zero-order valence-electron chi connectivity index (χ0n) is 10.4. The third-order valence-electron chi connectivity index (χ3n) is 2.89. The molecule has 1 aromatic carbocycles. The number of aromatic nitrogens is 1. The fourth-order valence-corrected chi connectivity index (χ4v) is 1.94. The fourth-order valence-electron chi connectivity index (χ4n) is 1.94. The highest BCUT2D eigenvalue weighted by Gasteiger charge is 2.07. The zero-order valence-corrected chi connectivity index (χ0v) is 10.4. The lowest BCUT2D eigenvalue weighted by molar-refractivity contribution is -0.121. The van der Waals surface area contributed by atoms with Gasteiger partial charge < -0.3 is 15.4 Å². The molecule has 0 spiro atoms. The van der Waals surface area contributed by atoms with E-state index in [0.717, 1.165) is 11.1 Å². The standard InChI is InChI=1S/C14H18N2O2/c1-10(17)8-16-14(18)7-6-11-9-15-13-5-3-2-4-12(11)13/h2-5,9-10,15,17H,6-8H2,1H3,(H,16,18)/t10-/m0/s1. The van der Waals surface area contributed by atoms with Crippen LogP contribution in [0, 0.1) is 0 Å². The van der Waals surface area contributed by atoms with Crippen molar-refractivity contribution in [1.82, 2.24) is 10.3 Å². The molecule has 0 radical (unpaired) electrons. The Morgan fingerprint density at radius 2 is 2.22 bits per heavy atom. The molecule has 0 aliphatic carbocycles. The van der Waals surface area contributed by atoms with Crippen LogP contribution in [0.25, 0.3) is 10.9 Å². The summed E-state index contributed by atoms with van der Waals surface area (Å²) >= 11 is 0. The third-order valence-corrected chi connectivity index (χ3v) is 2.89. The highest BCUT2D eigenvalue weighted by atomic mass is 16.3. The maximum Gasteiger partial charge on any atom is 0.220 e. The van der Waals surface area contributed by atoms with E-state index in [4.69, 9.17) is 5.11 Å². The molecule has 3 N–H and O–H groups in total. The van der Waals surface area contributed by atoms with E-state index in [9.17, 15) is 4.79 Å². The number of aromatic amines is 1. The Kier molecular flexibility index (Phi) is 3.99. The van der Waals surface area contributed by atoms with E-state index >= 15 is 0 Å². The number of rotatable bonds is 5. The lowest BCUT2D eigenvalue weighted by atomic mass is 10.1. The second-order valence-corrected chi connectivity index (χ2v) is 4.51. The predicted octanol–water partition coefficient (Wildman–Crippen LogP) is 1.60. The van der Waals surface area contributed by atoms with Gasteiger partial charge in [0.2, 0.25) is 5.91 Å². The summed E-state index contributed by atoms with van der Waals surface area (Å²) in [6.07, 6.45) is 2.60. The molecule has 0 bridgehead atoms. The normalized spacial score (nSPS) is 12.6. The second-order valence-electron chi connectivity index (χ2n) is 4.51.